The molecule has 1 aromatic heterocycles. The summed E-state index contributed by atoms with van der Waals surface area (Å²) in [6, 6.07) is 4.77. The van der Waals surface area contributed by atoms with Crippen molar-refractivity contribution in [2.45, 2.75) is 19.4 Å². The number of nitrogens with one attached hydrogen (secondary N) is 2. The summed E-state index contributed by atoms with van der Waals surface area (Å²) in [6.45, 7) is 3.48. The van der Waals surface area contributed by atoms with E-state index >= 15 is 0 Å². The standard InChI is InChI=1S/C19H21FIN3O5S/c1-10-17(23-15-3-2-12(21)6-14(15)20)16(19-24(18(10)25)4-5-29-19)13(7-22-30(26)27)11-8-28-9-11/h2-3,6,11,13,22-23H,4-5,7-9H2,1H3,(H,26,27)/p-1. The minimum absolute atomic E-state index is 0.0361. The molecule has 30 heavy (non-hydrogen) atoms. The molecule has 162 valence electrons. The highest BCUT2D eigenvalue weighted by atomic mass is 127. The molecule has 1 saturated heterocycles. The van der Waals surface area contributed by atoms with E-state index in [2.05, 4.69) is 10.0 Å². The predicted molar refractivity (Wildman–Crippen MR) is 117 cm³/mol. The van der Waals surface area contributed by atoms with E-state index in [4.69, 9.17) is 9.47 Å². The van der Waals surface area contributed by atoms with Crippen LogP contribution in [0.25, 0.3) is 0 Å². The van der Waals surface area contributed by atoms with E-state index in [0.29, 0.717) is 49.1 Å². The molecule has 2 aliphatic heterocycles. The van der Waals surface area contributed by atoms with Crippen molar-refractivity contribution in [1.82, 2.24) is 9.29 Å². The number of ether oxygens (including phenoxy) is 2. The molecule has 0 aliphatic carbocycles. The largest absolute Gasteiger partial charge is 0.760 e. The number of fused-ring (bicyclic) bond motifs is 1. The molecule has 0 radical (unpaired) electrons. The lowest BCUT2D eigenvalue weighted by molar-refractivity contribution is -0.0444. The van der Waals surface area contributed by atoms with Gasteiger partial charge < -0.3 is 19.3 Å². The number of anilines is 2. The van der Waals surface area contributed by atoms with Crippen LogP contribution in [-0.2, 0) is 22.5 Å². The Morgan fingerprint density at radius 1 is 1.43 bits per heavy atom. The molecule has 1 aromatic carbocycles. The lowest BCUT2D eigenvalue weighted by Crippen LogP contribution is -2.39. The third kappa shape index (κ3) is 4.13. The topological polar surface area (TPSA) is 105 Å². The van der Waals surface area contributed by atoms with Gasteiger partial charge in [0.05, 0.1) is 31.1 Å². The molecule has 0 saturated carbocycles. The fourth-order valence-corrected chi connectivity index (χ4v) is 4.60. The number of aromatic nitrogens is 1. The van der Waals surface area contributed by atoms with Crippen molar-refractivity contribution in [3.63, 3.8) is 0 Å². The average molecular weight is 548 g/mol. The highest BCUT2D eigenvalue weighted by molar-refractivity contribution is 14.1. The second-order valence-electron chi connectivity index (χ2n) is 7.26. The van der Waals surface area contributed by atoms with Gasteiger partial charge in [-0.15, -0.1) is 0 Å². The highest BCUT2D eigenvalue weighted by Gasteiger charge is 2.37. The molecular formula is C19H20FIN3O5S-. The number of nitrogens with zero attached hydrogens (tertiary/aromatic N) is 1. The zero-order valence-electron chi connectivity index (χ0n) is 16.1. The van der Waals surface area contributed by atoms with Gasteiger partial charge in [0, 0.05) is 44.3 Å². The SMILES string of the molecule is Cc1c(Nc2ccc(I)cc2F)c(C(CNS(=O)[O-])C2COC2)c2n(c1=O)CCO2. The van der Waals surface area contributed by atoms with Gasteiger partial charge in [0.15, 0.2) is 0 Å². The van der Waals surface area contributed by atoms with Gasteiger partial charge in [-0.3, -0.25) is 13.6 Å². The highest BCUT2D eigenvalue weighted by Crippen LogP contribution is 2.43. The lowest BCUT2D eigenvalue weighted by Gasteiger charge is -2.36. The monoisotopic (exact) mass is 548 g/mol. The van der Waals surface area contributed by atoms with E-state index in [1.54, 1.807) is 23.6 Å². The summed E-state index contributed by atoms with van der Waals surface area (Å²) >= 11 is -0.422. The zero-order valence-corrected chi connectivity index (χ0v) is 19.0. The number of hydrogen-bond acceptors (Lipinski definition) is 6. The first kappa shape index (κ1) is 21.7. The molecule has 2 aliphatic rings. The van der Waals surface area contributed by atoms with Crippen molar-refractivity contribution in [2.75, 3.05) is 31.7 Å². The molecule has 0 amide bonds. The van der Waals surface area contributed by atoms with E-state index in [0.717, 1.165) is 3.57 Å². The van der Waals surface area contributed by atoms with E-state index in [1.807, 2.05) is 22.6 Å². The average Bonchev–Trinajstić information content (AvgIpc) is 3.13. The molecule has 11 heteroatoms. The Hall–Kier alpha value is -1.54. The number of benzene rings is 1. The van der Waals surface area contributed by atoms with Gasteiger partial charge in [0.2, 0.25) is 5.88 Å². The summed E-state index contributed by atoms with van der Waals surface area (Å²) in [7, 11) is 0. The van der Waals surface area contributed by atoms with Crippen LogP contribution in [0.2, 0.25) is 0 Å². The van der Waals surface area contributed by atoms with Crippen molar-refractivity contribution in [1.29, 1.82) is 0 Å². The summed E-state index contributed by atoms with van der Waals surface area (Å²) in [4.78, 5) is 12.9. The van der Waals surface area contributed by atoms with Crippen molar-refractivity contribution in [3.05, 3.63) is 49.1 Å². The van der Waals surface area contributed by atoms with E-state index in [-0.39, 0.29) is 29.6 Å². The fourth-order valence-electron chi connectivity index (χ4n) is 3.83. The van der Waals surface area contributed by atoms with Gasteiger partial charge in [-0.05, 0) is 47.7 Å². The normalized spacial score (nSPS) is 17.7. The van der Waals surface area contributed by atoms with Gasteiger partial charge in [-0.1, -0.05) is 0 Å². The molecule has 3 heterocycles. The molecule has 0 bridgehead atoms. The van der Waals surface area contributed by atoms with Crippen LogP contribution < -0.4 is 20.3 Å². The van der Waals surface area contributed by atoms with Crippen LogP contribution in [0.3, 0.4) is 0 Å². The third-order valence-electron chi connectivity index (χ3n) is 5.46. The molecular weight excluding hydrogens is 528 g/mol. The Bertz CT molecular complexity index is 1060. The van der Waals surface area contributed by atoms with Crippen LogP contribution in [0.1, 0.15) is 17.0 Å². The Kier molecular flexibility index (Phi) is 6.44. The molecule has 2 aromatic rings. The zero-order chi connectivity index (χ0) is 21.4. The van der Waals surface area contributed by atoms with Crippen molar-refractivity contribution in [3.8, 4) is 5.88 Å². The fraction of sp³-hybridized carbons (Fsp3) is 0.421. The predicted octanol–water partition coefficient (Wildman–Crippen LogP) is 2.15. The first-order chi connectivity index (χ1) is 14.4. The minimum atomic E-state index is -2.44. The van der Waals surface area contributed by atoms with Gasteiger partial charge in [0.1, 0.15) is 12.4 Å². The van der Waals surface area contributed by atoms with Crippen LogP contribution in [0.15, 0.2) is 23.0 Å². The molecule has 2 atom stereocenters. The van der Waals surface area contributed by atoms with Crippen molar-refractivity contribution in [2.24, 2.45) is 5.92 Å². The molecule has 8 nitrogen and oxygen atoms in total. The van der Waals surface area contributed by atoms with E-state index in [1.165, 1.54) is 6.07 Å². The second kappa shape index (κ2) is 8.91. The van der Waals surface area contributed by atoms with E-state index in [9.17, 15) is 17.9 Å². The van der Waals surface area contributed by atoms with Gasteiger partial charge >= 0.3 is 0 Å². The summed E-state index contributed by atoms with van der Waals surface area (Å²) in [5.41, 5.74) is 1.54. The maximum atomic E-state index is 14.6. The second-order valence-corrected chi connectivity index (χ2v) is 9.26. The number of halogens is 2. The third-order valence-corrected chi connectivity index (χ3v) is 6.53. The number of hydrogen-bond donors (Lipinski definition) is 2. The first-order valence-corrected chi connectivity index (χ1v) is 11.5. The lowest BCUT2D eigenvalue weighted by atomic mass is 9.83. The Morgan fingerprint density at radius 2 is 2.20 bits per heavy atom. The summed E-state index contributed by atoms with van der Waals surface area (Å²) in [5.74, 6) is -0.329. The number of pyridine rings is 1. The quantitative estimate of drug-likeness (QED) is 0.406. The smallest absolute Gasteiger partial charge is 0.258 e. The molecule has 0 spiro atoms. The van der Waals surface area contributed by atoms with Crippen LogP contribution in [0.5, 0.6) is 5.88 Å². The van der Waals surface area contributed by atoms with Crippen LogP contribution in [0.4, 0.5) is 15.8 Å². The Morgan fingerprint density at radius 3 is 2.83 bits per heavy atom. The molecule has 2 unspecified atom stereocenters. The van der Waals surface area contributed by atoms with E-state index < -0.39 is 17.1 Å². The maximum Gasteiger partial charge on any atom is 0.258 e. The van der Waals surface area contributed by atoms with Crippen molar-refractivity contribution < 1.29 is 22.6 Å². The van der Waals surface area contributed by atoms with Gasteiger partial charge in [-0.2, -0.15) is 0 Å². The van der Waals surface area contributed by atoms with Crippen LogP contribution in [0, 0.1) is 22.2 Å². The van der Waals surface area contributed by atoms with Crippen molar-refractivity contribution >= 4 is 45.2 Å². The summed E-state index contributed by atoms with van der Waals surface area (Å²) in [5, 5.41) is 3.08. The summed E-state index contributed by atoms with van der Waals surface area (Å²) < 4.78 is 52.8. The molecule has 2 N–H and O–H groups in total. The minimum Gasteiger partial charge on any atom is -0.760 e. The number of rotatable bonds is 7. The van der Waals surface area contributed by atoms with Crippen LogP contribution in [-0.4, -0.2) is 39.7 Å². The molecule has 4 rings (SSSR count). The maximum absolute atomic E-state index is 14.6. The van der Waals surface area contributed by atoms with Gasteiger partial charge in [0.25, 0.3) is 5.56 Å². The first-order valence-electron chi connectivity index (χ1n) is 9.39. The molecule has 1 fully saturated rings. The Labute approximate surface area is 188 Å². The van der Waals surface area contributed by atoms with Crippen LogP contribution >= 0.6 is 22.6 Å². The van der Waals surface area contributed by atoms with Gasteiger partial charge in [-0.25, -0.2) is 9.11 Å². The summed E-state index contributed by atoms with van der Waals surface area (Å²) in [6.07, 6.45) is 0. The Balaban J connectivity index is 1.86.